The number of primary amides is 1. The topological polar surface area (TPSA) is 114 Å². The molecule has 5 rings (SSSR count). The van der Waals surface area contributed by atoms with Gasteiger partial charge < -0.3 is 15.4 Å². The van der Waals surface area contributed by atoms with Gasteiger partial charge in [-0.1, -0.05) is 19.3 Å². The zero-order chi connectivity index (χ0) is 26.6. The summed E-state index contributed by atoms with van der Waals surface area (Å²) in [6, 6.07) is 2.63. The number of pyridine rings is 1. The van der Waals surface area contributed by atoms with Crippen molar-refractivity contribution in [3.05, 3.63) is 29.8 Å². The van der Waals surface area contributed by atoms with Crippen LogP contribution in [0.2, 0.25) is 0 Å². The van der Waals surface area contributed by atoms with Gasteiger partial charge in [0.25, 0.3) is 5.91 Å². The van der Waals surface area contributed by atoms with E-state index >= 15 is 0 Å². The van der Waals surface area contributed by atoms with Gasteiger partial charge in [0, 0.05) is 24.1 Å². The van der Waals surface area contributed by atoms with E-state index in [0.717, 1.165) is 12.6 Å². The van der Waals surface area contributed by atoms with Crippen LogP contribution in [0.3, 0.4) is 0 Å². The van der Waals surface area contributed by atoms with Crippen molar-refractivity contribution in [2.24, 2.45) is 23.0 Å². The maximum absolute atomic E-state index is 14.9. The first-order valence-corrected chi connectivity index (χ1v) is 12.5. The van der Waals surface area contributed by atoms with Crippen LogP contribution in [0.4, 0.5) is 17.6 Å². The Morgan fingerprint density at radius 2 is 1.92 bits per heavy atom. The molecule has 37 heavy (non-hydrogen) atoms. The summed E-state index contributed by atoms with van der Waals surface area (Å²) < 4.78 is 64.1. The number of ether oxygens (including phenoxy) is 1. The number of likely N-dealkylation sites (tertiary alicyclic amines) is 1. The van der Waals surface area contributed by atoms with Crippen molar-refractivity contribution in [1.82, 2.24) is 20.1 Å². The summed E-state index contributed by atoms with van der Waals surface area (Å²) in [7, 11) is 1.37. The van der Waals surface area contributed by atoms with E-state index in [9.17, 15) is 27.2 Å². The first-order valence-electron chi connectivity index (χ1n) is 12.5. The molecule has 8 nitrogen and oxygen atoms in total. The monoisotopic (exact) mass is 523 g/mol. The third-order valence-electron chi connectivity index (χ3n) is 8.66. The molecule has 2 aliphatic carbocycles. The van der Waals surface area contributed by atoms with E-state index in [1.165, 1.54) is 24.1 Å². The van der Waals surface area contributed by atoms with Gasteiger partial charge in [-0.25, -0.2) is 9.37 Å². The molecule has 0 radical (unpaired) electrons. The van der Waals surface area contributed by atoms with E-state index in [1.807, 2.05) is 0 Å². The number of alkyl halides is 3. The van der Waals surface area contributed by atoms with E-state index < -0.39 is 46.6 Å². The number of methoxy groups -OCH3 is 1. The van der Waals surface area contributed by atoms with Crippen molar-refractivity contribution in [3.8, 4) is 17.1 Å². The summed E-state index contributed by atoms with van der Waals surface area (Å²) in [5, 5.41) is 6.60. The molecular formula is C25H29F4N5O3. The van der Waals surface area contributed by atoms with E-state index in [2.05, 4.69) is 15.2 Å². The highest BCUT2D eigenvalue weighted by atomic mass is 19.4. The third-order valence-corrected chi connectivity index (χ3v) is 8.66. The predicted molar refractivity (Wildman–Crippen MR) is 124 cm³/mol. The van der Waals surface area contributed by atoms with Gasteiger partial charge in [0.2, 0.25) is 11.8 Å². The average Bonchev–Trinajstić information content (AvgIpc) is 3.29. The number of amides is 2. The van der Waals surface area contributed by atoms with Gasteiger partial charge in [0.15, 0.2) is 5.82 Å². The largest absolute Gasteiger partial charge is 0.481 e. The van der Waals surface area contributed by atoms with Crippen LogP contribution in [0, 0.1) is 23.1 Å². The van der Waals surface area contributed by atoms with Crippen molar-refractivity contribution < 1.29 is 31.9 Å². The lowest BCUT2D eigenvalue weighted by Crippen LogP contribution is -2.56. The molecule has 12 heteroatoms. The van der Waals surface area contributed by atoms with Gasteiger partial charge in [-0.15, -0.1) is 0 Å². The maximum Gasteiger partial charge on any atom is 0.397 e. The molecule has 2 aromatic heterocycles. The number of carbonyl (C=O) groups is 2. The molecule has 3 aliphatic rings. The Balaban J connectivity index is 1.52. The lowest BCUT2D eigenvalue weighted by Gasteiger charge is -2.45. The quantitative estimate of drug-likeness (QED) is 0.570. The van der Waals surface area contributed by atoms with Crippen molar-refractivity contribution >= 4 is 11.8 Å². The van der Waals surface area contributed by atoms with E-state index in [0.29, 0.717) is 25.7 Å². The number of nitrogens with one attached hydrogen (secondary N) is 1. The second-order valence-corrected chi connectivity index (χ2v) is 10.4. The lowest BCUT2D eigenvalue weighted by atomic mass is 9.71. The number of rotatable bonds is 5. The van der Waals surface area contributed by atoms with Crippen LogP contribution in [0.25, 0.3) is 11.3 Å². The number of hydrogen-bond donors (Lipinski definition) is 2. The number of nitrogens with zero attached hydrogens (tertiary/aromatic N) is 3. The highest BCUT2D eigenvalue weighted by Crippen LogP contribution is 2.76. The van der Waals surface area contributed by atoms with Gasteiger partial charge in [0.05, 0.1) is 30.0 Å². The second-order valence-electron chi connectivity index (χ2n) is 10.4. The van der Waals surface area contributed by atoms with Crippen LogP contribution in [-0.4, -0.2) is 57.3 Å². The zero-order valence-electron chi connectivity index (χ0n) is 20.4. The Labute approximate surface area is 210 Å². The molecule has 3 atom stereocenters. The fourth-order valence-electron chi connectivity index (χ4n) is 6.82. The van der Waals surface area contributed by atoms with Crippen LogP contribution >= 0.6 is 0 Å². The molecule has 0 bridgehead atoms. The normalized spacial score (nSPS) is 28.4. The highest BCUT2D eigenvalue weighted by Gasteiger charge is 2.84. The molecule has 1 aliphatic heterocycles. The van der Waals surface area contributed by atoms with Gasteiger partial charge in [0.1, 0.15) is 5.69 Å². The molecule has 3 unspecified atom stereocenters. The van der Waals surface area contributed by atoms with Gasteiger partial charge in [-0.05, 0) is 44.1 Å². The van der Waals surface area contributed by atoms with E-state index in [1.54, 1.807) is 0 Å². The minimum Gasteiger partial charge on any atom is -0.481 e. The summed E-state index contributed by atoms with van der Waals surface area (Å²) in [6.07, 6.45) is -0.627. The molecule has 3 fully saturated rings. The molecule has 1 spiro atoms. The number of aromatic amines is 1. The van der Waals surface area contributed by atoms with Gasteiger partial charge in [-0.3, -0.25) is 14.7 Å². The van der Waals surface area contributed by atoms with Crippen LogP contribution in [-0.2, 0) is 4.79 Å². The Hall–Kier alpha value is -3.18. The smallest absolute Gasteiger partial charge is 0.397 e. The van der Waals surface area contributed by atoms with Crippen LogP contribution in [0.15, 0.2) is 18.3 Å². The van der Waals surface area contributed by atoms with E-state index in [-0.39, 0.29) is 48.6 Å². The average molecular weight is 524 g/mol. The SMILES string of the molecule is COc1cc(-c2cc(C(=O)N3CCC(C(N)=O)CC34CC4(C3CCCCC3)C(F)(F)F)[nH]n2)c(F)cn1. The Morgan fingerprint density at radius 1 is 1.19 bits per heavy atom. The Bertz CT molecular complexity index is 1210. The van der Waals surface area contributed by atoms with Crippen molar-refractivity contribution in [3.63, 3.8) is 0 Å². The van der Waals surface area contributed by atoms with Crippen LogP contribution in [0.5, 0.6) is 5.88 Å². The van der Waals surface area contributed by atoms with Crippen molar-refractivity contribution in [2.75, 3.05) is 13.7 Å². The number of piperidine rings is 1. The fraction of sp³-hybridized carbons (Fsp3) is 0.600. The zero-order valence-corrected chi connectivity index (χ0v) is 20.4. The van der Waals surface area contributed by atoms with Crippen LogP contribution in [0.1, 0.15) is 61.9 Å². The first-order chi connectivity index (χ1) is 17.5. The Kier molecular flexibility index (Phi) is 6.18. The number of aromatic nitrogens is 3. The van der Waals surface area contributed by atoms with Gasteiger partial charge >= 0.3 is 6.18 Å². The summed E-state index contributed by atoms with van der Waals surface area (Å²) in [6.45, 7) is -0.0389. The molecule has 2 amide bonds. The Morgan fingerprint density at radius 3 is 2.57 bits per heavy atom. The summed E-state index contributed by atoms with van der Waals surface area (Å²) in [4.78, 5) is 30.8. The molecule has 2 aromatic rings. The number of carbonyl (C=O) groups excluding carboxylic acids is 2. The maximum atomic E-state index is 14.9. The van der Waals surface area contributed by atoms with E-state index in [4.69, 9.17) is 10.5 Å². The first kappa shape index (κ1) is 25.5. The highest BCUT2D eigenvalue weighted by molar-refractivity contribution is 5.95. The molecule has 200 valence electrons. The van der Waals surface area contributed by atoms with Crippen molar-refractivity contribution in [1.29, 1.82) is 0 Å². The lowest BCUT2D eigenvalue weighted by molar-refractivity contribution is -0.222. The second kappa shape index (κ2) is 8.98. The number of halogens is 4. The van der Waals surface area contributed by atoms with Gasteiger partial charge in [-0.2, -0.15) is 18.3 Å². The predicted octanol–water partition coefficient (Wildman–Crippen LogP) is 4.23. The third kappa shape index (κ3) is 3.95. The molecule has 3 heterocycles. The molecular weight excluding hydrogens is 494 g/mol. The number of H-pyrrole nitrogens is 1. The number of nitrogens with two attached hydrogens (primary N) is 1. The van der Waals surface area contributed by atoms with Crippen LogP contribution < -0.4 is 10.5 Å². The molecule has 2 saturated carbocycles. The molecule has 0 aromatic carbocycles. The summed E-state index contributed by atoms with van der Waals surface area (Å²) >= 11 is 0. The molecule has 3 N–H and O–H groups in total. The minimum absolute atomic E-state index is 0.0302. The standard InChI is InChI=1S/C25H29F4N5O3/c1-37-20-9-16(17(26)12-31-20)18-10-19(33-32-18)22(36)34-8-7-14(21(30)35)11-23(34)13-24(23,25(27,28)29)15-5-3-2-4-6-15/h9-10,12,14-15H,2-8,11,13H2,1H3,(H2,30,35)(H,32,33). The van der Waals surface area contributed by atoms with Crippen molar-refractivity contribution in [2.45, 2.75) is 63.1 Å². The number of hydrogen-bond acceptors (Lipinski definition) is 5. The molecule has 1 saturated heterocycles. The summed E-state index contributed by atoms with van der Waals surface area (Å²) in [5.74, 6) is -3.23. The minimum atomic E-state index is -4.55. The summed E-state index contributed by atoms with van der Waals surface area (Å²) in [5.41, 5.74) is 1.96. The fourth-order valence-corrected chi connectivity index (χ4v) is 6.82.